The lowest BCUT2D eigenvalue weighted by Crippen LogP contribution is -2.32. The van der Waals surface area contributed by atoms with Crippen LogP contribution in [0.1, 0.15) is 50.3 Å². The van der Waals surface area contributed by atoms with Crippen LogP contribution >= 0.6 is 0 Å². The number of nitrogens with zero attached hydrogens (tertiary/aromatic N) is 4. The van der Waals surface area contributed by atoms with Crippen LogP contribution in [0.4, 0.5) is 4.79 Å². The number of hydrogen-bond donors (Lipinski definition) is 2. The maximum absolute atomic E-state index is 11.6. The first kappa shape index (κ1) is 22.3. The summed E-state index contributed by atoms with van der Waals surface area (Å²) in [6.07, 6.45) is 7.02. The van der Waals surface area contributed by atoms with E-state index in [2.05, 4.69) is 15.6 Å². The van der Waals surface area contributed by atoms with Crippen LogP contribution in [-0.4, -0.2) is 56.6 Å². The van der Waals surface area contributed by atoms with E-state index in [4.69, 9.17) is 4.74 Å². The fourth-order valence-corrected chi connectivity index (χ4v) is 3.91. The molecule has 1 atom stereocenters. The van der Waals surface area contributed by atoms with Crippen molar-refractivity contribution in [2.24, 2.45) is 5.92 Å². The van der Waals surface area contributed by atoms with Crippen LogP contribution in [0.25, 0.3) is 0 Å². The largest absolute Gasteiger partial charge is 0.493 e. The molecule has 1 saturated carbocycles. The molecule has 2 N–H and O–H groups in total. The standard InChI is InChI=1S/C23H31N5O4/c1-2-23(31,18-6-5-8-20(12-18)32-15-17-9-10-17)16-28-19(13-24-26-28)7-3-4-11-27-14-21(29)25-22(27)30/h5-6,8,12-13,17,31H,2-4,7,9-11,14-16H2,1H3,(H,25,29,30). The zero-order valence-electron chi connectivity index (χ0n) is 18.5. The predicted molar refractivity (Wildman–Crippen MR) is 117 cm³/mol. The number of urea groups is 1. The van der Waals surface area contributed by atoms with Crippen molar-refractivity contribution in [3.63, 3.8) is 0 Å². The van der Waals surface area contributed by atoms with Crippen molar-refractivity contribution in [3.05, 3.63) is 41.7 Å². The lowest BCUT2D eigenvalue weighted by Gasteiger charge is -2.28. The van der Waals surface area contributed by atoms with Crippen LogP contribution in [0.3, 0.4) is 0 Å². The third-order valence-corrected chi connectivity index (χ3v) is 6.23. The first-order valence-electron chi connectivity index (χ1n) is 11.4. The van der Waals surface area contributed by atoms with Gasteiger partial charge in [0.25, 0.3) is 0 Å². The number of hydrogen-bond acceptors (Lipinski definition) is 6. The average molecular weight is 442 g/mol. The van der Waals surface area contributed by atoms with Gasteiger partial charge in [0.1, 0.15) is 17.9 Å². The van der Waals surface area contributed by atoms with Crippen LogP contribution < -0.4 is 10.1 Å². The van der Waals surface area contributed by atoms with E-state index in [1.807, 2.05) is 31.2 Å². The lowest BCUT2D eigenvalue weighted by molar-refractivity contribution is -0.118. The molecule has 3 amide bonds. The maximum Gasteiger partial charge on any atom is 0.324 e. The highest BCUT2D eigenvalue weighted by atomic mass is 16.5. The zero-order valence-corrected chi connectivity index (χ0v) is 18.5. The second kappa shape index (κ2) is 9.68. The summed E-state index contributed by atoms with van der Waals surface area (Å²) < 4.78 is 7.65. The van der Waals surface area contributed by atoms with Crippen LogP contribution in [0, 0.1) is 5.92 Å². The molecule has 9 nitrogen and oxygen atoms in total. The van der Waals surface area contributed by atoms with Gasteiger partial charge in [0.05, 0.1) is 25.0 Å². The monoisotopic (exact) mass is 441 g/mol. The molecule has 2 aliphatic rings. The third-order valence-electron chi connectivity index (χ3n) is 6.23. The summed E-state index contributed by atoms with van der Waals surface area (Å²) in [5, 5.41) is 22.0. The molecular formula is C23H31N5O4. The number of carbonyl (C=O) groups excluding carboxylic acids is 2. The van der Waals surface area contributed by atoms with E-state index >= 15 is 0 Å². The van der Waals surface area contributed by atoms with Gasteiger partial charge >= 0.3 is 6.03 Å². The molecule has 1 aliphatic carbocycles. The number of aliphatic hydroxyl groups is 1. The van der Waals surface area contributed by atoms with E-state index in [9.17, 15) is 14.7 Å². The highest BCUT2D eigenvalue weighted by molar-refractivity contribution is 6.01. The van der Waals surface area contributed by atoms with E-state index in [1.165, 1.54) is 17.7 Å². The minimum absolute atomic E-state index is 0.130. The number of ether oxygens (including phenoxy) is 1. The van der Waals surface area contributed by atoms with E-state index in [0.717, 1.165) is 42.9 Å². The molecule has 172 valence electrons. The Morgan fingerprint density at radius 1 is 1.28 bits per heavy atom. The van der Waals surface area contributed by atoms with Gasteiger partial charge in [-0.3, -0.25) is 10.1 Å². The predicted octanol–water partition coefficient (Wildman–Crippen LogP) is 2.24. The van der Waals surface area contributed by atoms with Crippen molar-refractivity contribution in [1.29, 1.82) is 0 Å². The van der Waals surface area contributed by atoms with Crippen molar-refractivity contribution in [2.45, 2.75) is 57.6 Å². The van der Waals surface area contributed by atoms with Crippen LogP contribution in [-0.2, 0) is 23.4 Å². The van der Waals surface area contributed by atoms with E-state index in [0.29, 0.717) is 25.4 Å². The molecular weight excluding hydrogens is 410 g/mol. The summed E-state index contributed by atoms with van der Waals surface area (Å²) in [7, 11) is 0. The molecule has 4 rings (SSSR count). The molecule has 0 radical (unpaired) electrons. The highest BCUT2D eigenvalue weighted by Crippen LogP contribution is 2.32. The number of carbonyl (C=O) groups is 2. The number of aromatic nitrogens is 3. The first-order chi connectivity index (χ1) is 15.5. The maximum atomic E-state index is 11.6. The molecule has 0 spiro atoms. The summed E-state index contributed by atoms with van der Waals surface area (Å²) >= 11 is 0. The number of amides is 3. The van der Waals surface area contributed by atoms with Crippen molar-refractivity contribution < 1.29 is 19.4 Å². The highest BCUT2D eigenvalue weighted by Gasteiger charge is 2.30. The van der Waals surface area contributed by atoms with Crippen molar-refractivity contribution in [1.82, 2.24) is 25.2 Å². The van der Waals surface area contributed by atoms with Gasteiger partial charge in [0.2, 0.25) is 5.91 Å². The van der Waals surface area contributed by atoms with E-state index in [-0.39, 0.29) is 18.5 Å². The van der Waals surface area contributed by atoms with E-state index < -0.39 is 5.60 Å². The van der Waals surface area contributed by atoms with Crippen LogP contribution in [0.15, 0.2) is 30.5 Å². The Balaban J connectivity index is 1.34. The molecule has 1 aliphatic heterocycles. The Morgan fingerprint density at radius 2 is 2.12 bits per heavy atom. The Hall–Kier alpha value is -2.94. The molecule has 1 aromatic heterocycles. The van der Waals surface area contributed by atoms with Crippen LogP contribution in [0.5, 0.6) is 5.75 Å². The molecule has 1 unspecified atom stereocenters. The number of aryl methyl sites for hydroxylation is 1. The normalized spacial score (nSPS) is 18.0. The summed E-state index contributed by atoms with van der Waals surface area (Å²) in [4.78, 5) is 24.4. The summed E-state index contributed by atoms with van der Waals surface area (Å²) in [5.41, 5.74) is 0.648. The van der Waals surface area contributed by atoms with Gasteiger partial charge < -0.3 is 14.7 Å². The molecule has 1 aromatic carbocycles. The number of rotatable bonds is 12. The Labute approximate surface area is 187 Å². The number of unbranched alkanes of at least 4 members (excludes halogenated alkanes) is 1. The van der Waals surface area contributed by atoms with Crippen molar-refractivity contribution in [3.8, 4) is 5.75 Å². The molecule has 2 heterocycles. The Morgan fingerprint density at radius 3 is 2.84 bits per heavy atom. The Bertz CT molecular complexity index is 957. The van der Waals surface area contributed by atoms with E-state index in [1.54, 1.807) is 10.9 Å². The zero-order chi connectivity index (χ0) is 22.6. The number of benzene rings is 1. The second-order valence-electron chi connectivity index (χ2n) is 8.78. The number of nitrogens with one attached hydrogen (secondary N) is 1. The average Bonchev–Trinajstić information content (AvgIpc) is 3.43. The van der Waals surface area contributed by atoms with Gasteiger partial charge in [0, 0.05) is 6.54 Å². The minimum Gasteiger partial charge on any atom is -0.493 e. The SMILES string of the molecule is CCC(O)(Cn1nncc1CCCCN1CC(=O)NC1=O)c1cccc(OCC2CC2)c1. The number of imide groups is 1. The quantitative estimate of drug-likeness (QED) is 0.386. The molecule has 9 heteroatoms. The Kier molecular flexibility index (Phi) is 6.74. The van der Waals surface area contributed by atoms with Crippen molar-refractivity contribution >= 4 is 11.9 Å². The fourth-order valence-electron chi connectivity index (χ4n) is 3.91. The van der Waals surface area contributed by atoms with Crippen molar-refractivity contribution in [2.75, 3.05) is 19.7 Å². The van der Waals surface area contributed by atoms with Gasteiger partial charge in [-0.2, -0.15) is 0 Å². The molecule has 2 aromatic rings. The summed E-state index contributed by atoms with van der Waals surface area (Å²) in [6.45, 7) is 3.65. The second-order valence-corrected chi connectivity index (χ2v) is 8.78. The lowest BCUT2D eigenvalue weighted by atomic mass is 9.90. The smallest absolute Gasteiger partial charge is 0.324 e. The molecule has 0 bridgehead atoms. The topological polar surface area (TPSA) is 110 Å². The van der Waals surface area contributed by atoms with Gasteiger partial charge in [-0.15, -0.1) is 5.10 Å². The summed E-state index contributed by atoms with van der Waals surface area (Å²) in [6, 6.07) is 7.37. The molecule has 2 fully saturated rings. The molecule has 32 heavy (non-hydrogen) atoms. The van der Waals surface area contributed by atoms with Gasteiger partial charge in [-0.1, -0.05) is 24.3 Å². The van der Waals surface area contributed by atoms with Gasteiger partial charge in [-0.05, 0) is 62.1 Å². The molecule has 1 saturated heterocycles. The van der Waals surface area contributed by atoms with Crippen LogP contribution in [0.2, 0.25) is 0 Å². The fraction of sp³-hybridized carbons (Fsp3) is 0.565. The first-order valence-corrected chi connectivity index (χ1v) is 11.4. The van der Waals surface area contributed by atoms with Gasteiger partial charge in [0.15, 0.2) is 0 Å². The van der Waals surface area contributed by atoms with Gasteiger partial charge in [-0.25, -0.2) is 9.48 Å². The summed E-state index contributed by atoms with van der Waals surface area (Å²) in [5.74, 6) is 1.20. The third kappa shape index (κ3) is 5.45. The minimum atomic E-state index is -1.09.